The van der Waals surface area contributed by atoms with Gasteiger partial charge in [-0.1, -0.05) is 18.2 Å². The molecule has 3 heterocycles. The Kier molecular flexibility index (Phi) is 5.16. The van der Waals surface area contributed by atoms with E-state index in [9.17, 15) is 4.79 Å². The summed E-state index contributed by atoms with van der Waals surface area (Å²) in [5.41, 5.74) is 8.38. The molecule has 0 bridgehead atoms. The number of furan rings is 1. The minimum Gasteiger partial charge on any atom is -0.467 e. The molecule has 2 aromatic heterocycles. The molecular weight excluding hydrogens is 338 g/mol. The number of hydrogen-bond acceptors (Lipinski definition) is 3. The van der Waals surface area contributed by atoms with E-state index in [0.29, 0.717) is 17.9 Å². The fraction of sp³-hybridized carbons (Fsp3) is 0.316. The van der Waals surface area contributed by atoms with Crippen LogP contribution in [0.4, 0.5) is 0 Å². The molecule has 132 valence electrons. The molecule has 1 atom stereocenters. The zero-order valence-corrected chi connectivity index (χ0v) is 14.7. The summed E-state index contributed by atoms with van der Waals surface area (Å²) >= 11 is 0. The number of carbonyl (C=O) groups is 1. The topological polar surface area (TPSA) is 75.3 Å². The van der Waals surface area contributed by atoms with E-state index in [1.165, 1.54) is 11.6 Å². The molecule has 0 radical (unpaired) electrons. The van der Waals surface area contributed by atoms with E-state index in [1.807, 2.05) is 17.0 Å². The van der Waals surface area contributed by atoms with E-state index in [2.05, 4.69) is 23.2 Å². The summed E-state index contributed by atoms with van der Waals surface area (Å²) in [4.78, 5) is 18.4. The number of H-pyrrole nitrogens is 1. The van der Waals surface area contributed by atoms with Crippen molar-refractivity contribution in [2.75, 3.05) is 6.54 Å². The number of piperidine rings is 1. The van der Waals surface area contributed by atoms with Crippen LogP contribution in [0, 0.1) is 0 Å². The second-order valence-corrected chi connectivity index (χ2v) is 6.33. The highest BCUT2D eigenvalue weighted by Gasteiger charge is 2.30. The fourth-order valence-corrected chi connectivity index (χ4v) is 3.54. The standard InChI is InChI=1S/C19H21N3O2.ClH/c20-11-15-9-14(12-24-15)19(23)22-8-4-3-7-18(22)17-10-13-5-1-2-6-16(13)21-17;/h1-2,5-6,9-10,12,18,21H,3-4,7-8,11,20H2;1H. The van der Waals surface area contributed by atoms with E-state index < -0.39 is 0 Å². The highest BCUT2D eigenvalue weighted by atomic mass is 35.5. The van der Waals surface area contributed by atoms with Crippen LogP contribution in [0.15, 0.2) is 47.1 Å². The van der Waals surface area contributed by atoms with Gasteiger partial charge in [-0.25, -0.2) is 0 Å². The largest absolute Gasteiger partial charge is 0.467 e. The molecule has 1 aromatic carbocycles. The molecule has 1 unspecified atom stereocenters. The number of nitrogens with one attached hydrogen (secondary N) is 1. The van der Waals surface area contributed by atoms with Crippen LogP contribution in [-0.2, 0) is 6.54 Å². The Bertz CT molecular complexity index is 837. The van der Waals surface area contributed by atoms with Gasteiger partial charge in [-0.2, -0.15) is 0 Å². The summed E-state index contributed by atoms with van der Waals surface area (Å²) in [5.74, 6) is 0.652. The number of fused-ring (bicyclic) bond motifs is 1. The van der Waals surface area contributed by atoms with Gasteiger partial charge >= 0.3 is 0 Å². The third-order valence-electron chi connectivity index (χ3n) is 4.78. The predicted octanol–water partition coefficient (Wildman–Crippen LogP) is 4.01. The van der Waals surface area contributed by atoms with Gasteiger partial charge in [0.15, 0.2) is 0 Å². The SMILES string of the molecule is Cl.NCc1cc(C(=O)N2CCCCC2c2cc3ccccc3[nH]2)co1. The maximum absolute atomic E-state index is 12.9. The van der Waals surface area contributed by atoms with E-state index in [-0.39, 0.29) is 24.4 Å². The lowest BCUT2D eigenvalue weighted by Gasteiger charge is -2.35. The lowest BCUT2D eigenvalue weighted by molar-refractivity contribution is 0.0606. The second kappa shape index (κ2) is 7.33. The first kappa shape index (κ1) is 17.6. The summed E-state index contributed by atoms with van der Waals surface area (Å²) in [7, 11) is 0. The smallest absolute Gasteiger partial charge is 0.257 e. The lowest BCUT2D eigenvalue weighted by atomic mass is 9.98. The molecule has 0 saturated carbocycles. The van der Waals surface area contributed by atoms with Crippen LogP contribution in [0.25, 0.3) is 10.9 Å². The highest BCUT2D eigenvalue weighted by molar-refractivity contribution is 5.94. The van der Waals surface area contributed by atoms with Gasteiger partial charge in [-0.3, -0.25) is 4.79 Å². The van der Waals surface area contributed by atoms with Crippen molar-refractivity contribution in [1.82, 2.24) is 9.88 Å². The van der Waals surface area contributed by atoms with Crippen LogP contribution in [-0.4, -0.2) is 22.3 Å². The molecule has 0 aliphatic carbocycles. The van der Waals surface area contributed by atoms with Crippen molar-refractivity contribution in [3.05, 3.63) is 59.7 Å². The quantitative estimate of drug-likeness (QED) is 0.741. The Morgan fingerprint density at radius 1 is 1.28 bits per heavy atom. The van der Waals surface area contributed by atoms with Gasteiger partial charge in [0.2, 0.25) is 0 Å². The molecule has 4 rings (SSSR count). The van der Waals surface area contributed by atoms with Gasteiger partial charge in [0.25, 0.3) is 5.91 Å². The third kappa shape index (κ3) is 3.30. The summed E-state index contributed by atoms with van der Waals surface area (Å²) in [6.45, 7) is 1.07. The van der Waals surface area contributed by atoms with Gasteiger partial charge in [0, 0.05) is 17.8 Å². The molecule has 6 heteroatoms. The Labute approximate surface area is 152 Å². The number of para-hydroxylation sites is 1. The zero-order chi connectivity index (χ0) is 16.5. The lowest BCUT2D eigenvalue weighted by Crippen LogP contribution is -2.38. The highest BCUT2D eigenvalue weighted by Crippen LogP contribution is 2.33. The minimum absolute atomic E-state index is 0. The second-order valence-electron chi connectivity index (χ2n) is 6.33. The first-order valence-electron chi connectivity index (χ1n) is 8.42. The monoisotopic (exact) mass is 359 g/mol. The number of halogens is 1. The van der Waals surface area contributed by atoms with Crippen LogP contribution in [0.3, 0.4) is 0 Å². The number of carbonyl (C=O) groups excluding carboxylic acids is 1. The molecule has 1 fully saturated rings. The zero-order valence-electron chi connectivity index (χ0n) is 13.9. The van der Waals surface area contributed by atoms with Gasteiger partial charge in [0.1, 0.15) is 12.0 Å². The van der Waals surface area contributed by atoms with Crippen molar-refractivity contribution in [2.24, 2.45) is 5.73 Å². The summed E-state index contributed by atoms with van der Waals surface area (Å²) < 4.78 is 5.33. The van der Waals surface area contributed by atoms with Crippen molar-refractivity contribution >= 4 is 29.2 Å². The summed E-state index contributed by atoms with van der Waals surface area (Å²) in [6.07, 6.45) is 4.65. The average Bonchev–Trinajstić information content (AvgIpc) is 3.27. The van der Waals surface area contributed by atoms with Crippen LogP contribution < -0.4 is 5.73 Å². The van der Waals surface area contributed by atoms with Gasteiger partial charge in [-0.15, -0.1) is 12.4 Å². The average molecular weight is 360 g/mol. The van der Waals surface area contributed by atoms with Gasteiger partial charge < -0.3 is 20.0 Å². The number of likely N-dealkylation sites (tertiary alicyclic amines) is 1. The number of aromatic nitrogens is 1. The number of nitrogens with zero attached hydrogens (tertiary/aromatic N) is 1. The molecule has 1 aliphatic heterocycles. The molecule has 1 amide bonds. The number of nitrogens with two attached hydrogens (primary N) is 1. The molecule has 3 N–H and O–H groups in total. The molecule has 5 nitrogen and oxygen atoms in total. The Balaban J connectivity index is 0.00000182. The molecule has 3 aromatic rings. The van der Waals surface area contributed by atoms with Crippen LogP contribution >= 0.6 is 12.4 Å². The van der Waals surface area contributed by atoms with Crippen LogP contribution in [0.5, 0.6) is 0 Å². The number of hydrogen-bond donors (Lipinski definition) is 2. The van der Waals surface area contributed by atoms with E-state index in [1.54, 1.807) is 6.07 Å². The third-order valence-corrected chi connectivity index (χ3v) is 4.78. The number of amides is 1. The molecule has 1 saturated heterocycles. The van der Waals surface area contributed by atoms with Crippen molar-refractivity contribution < 1.29 is 9.21 Å². The maximum atomic E-state index is 12.9. The minimum atomic E-state index is 0. The number of benzene rings is 1. The Morgan fingerprint density at radius 3 is 2.88 bits per heavy atom. The van der Waals surface area contributed by atoms with Crippen LogP contribution in [0.2, 0.25) is 0 Å². The van der Waals surface area contributed by atoms with Crippen molar-refractivity contribution in [2.45, 2.75) is 31.8 Å². The molecule has 25 heavy (non-hydrogen) atoms. The fourth-order valence-electron chi connectivity index (χ4n) is 3.54. The number of rotatable bonds is 3. The predicted molar refractivity (Wildman–Crippen MR) is 99.8 cm³/mol. The molecule has 0 spiro atoms. The van der Waals surface area contributed by atoms with Crippen molar-refractivity contribution in [3.8, 4) is 0 Å². The molecular formula is C19H22ClN3O2. The normalized spacial score (nSPS) is 17.5. The van der Waals surface area contributed by atoms with Gasteiger partial charge in [0.05, 0.1) is 18.2 Å². The van der Waals surface area contributed by atoms with Gasteiger partial charge in [-0.05, 0) is 42.8 Å². The van der Waals surface area contributed by atoms with E-state index in [0.717, 1.165) is 37.0 Å². The summed E-state index contributed by atoms with van der Waals surface area (Å²) in [6, 6.07) is 12.2. The maximum Gasteiger partial charge on any atom is 0.257 e. The van der Waals surface area contributed by atoms with Crippen molar-refractivity contribution in [1.29, 1.82) is 0 Å². The van der Waals surface area contributed by atoms with E-state index in [4.69, 9.17) is 10.2 Å². The molecule has 1 aliphatic rings. The number of aromatic amines is 1. The summed E-state index contributed by atoms with van der Waals surface area (Å²) in [5, 5.41) is 1.18. The van der Waals surface area contributed by atoms with Crippen LogP contribution in [0.1, 0.15) is 47.1 Å². The Morgan fingerprint density at radius 2 is 2.12 bits per heavy atom. The Hall–Kier alpha value is -2.24. The first-order chi connectivity index (χ1) is 11.8. The van der Waals surface area contributed by atoms with E-state index >= 15 is 0 Å². The van der Waals surface area contributed by atoms with Crippen molar-refractivity contribution in [3.63, 3.8) is 0 Å². The first-order valence-corrected chi connectivity index (χ1v) is 8.42.